The van der Waals surface area contributed by atoms with Gasteiger partial charge >= 0.3 is 0 Å². The fourth-order valence-electron chi connectivity index (χ4n) is 3.83. The maximum atomic E-state index is 9.67. The van der Waals surface area contributed by atoms with E-state index in [1.54, 1.807) is 12.1 Å². The molecule has 1 aromatic heterocycles. The van der Waals surface area contributed by atoms with Crippen LogP contribution in [0.3, 0.4) is 0 Å². The topological polar surface area (TPSA) is 33.4 Å². The van der Waals surface area contributed by atoms with Gasteiger partial charge in [0.2, 0.25) is 0 Å². The Kier molecular flexibility index (Phi) is 2.53. The summed E-state index contributed by atoms with van der Waals surface area (Å²) in [5.41, 5.74) is 4.89. The molecule has 3 aromatic rings. The number of benzene rings is 2. The number of hydrogen-bond donors (Lipinski definition) is 1. The molecule has 1 aliphatic rings. The molecule has 22 heavy (non-hydrogen) atoms. The third-order valence-electron chi connectivity index (χ3n) is 5.43. The van der Waals surface area contributed by atoms with Crippen LogP contribution in [0.4, 0.5) is 0 Å². The Labute approximate surface area is 130 Å². The molecule has 0 saturated heterocycles. The molecule has 2 aromatic carbocycles. The van der Waals surface area contributed by atoms with Crippen LogP contribution in [0.5, 0.6) is 5.75 Å². The van der Waals surface area contributed by atoms with E-state index in [0.717, 1.165) is 21.9 Å². The molecule has 1 N–H and O–H groups in total. The summed E-state index contributed by atoms with van der Waals surface area (Å²) in [5, 5.41) is 11.9. The van der Waals surface area contributed by atoms with Crippen LogP contribution in [0.2, 0.25) is 0 Å². The van der Waals surface area contributed by atoms with Gasteiger partial charge in [0.25, 0.3) is 0 Å². The highest BCUT2D eigenvalue weighted by atomic mass is 16.3. The molecule has 114 valence electrons. The van der Waals surface area contributed by atoms with Gasteiger partial charge in [0.1, 0.15) is 16.9 Å². The maximum absolute atomic E-state index is 9.67. The third-order valence-corrected chi connectivity index (χ3v) is 5.43. The average molecular weight is 294 g/mol. The van der Waals surface area contributed by atoms with Gasteiger partial charge in [0.15, 0.2) is 0 Å². The molecule has 2 heteroatoms. The summed E-state index contributed by atoms with van der Waals surface area (Å²) >= 11 is 0. The molecule has 0 aliphatic heterocycles. The Balaban J connectivity index is 2.11. The van der Waals surface area contributed by atoms with Crippen molar-refractivity contribution in [3.8, 4) is 5.75 Å². The van der Waals surface area contributed by atoms with Crippen molar-refractivity contribution in [1.29, 1.82) is 0 Å². The number of fused-ring (bicyclic) bond motifs is 4. The van der Waals surface area contributed by atoms with Gasteiger partial charge in [-0.25, -0.2) is 0 Å². The zero-order valence-electron chi connectivity index (χ0n) is 13.7. The van der Waals surface area contributed by atoms with Crippen LogP contribution >= 0.6 is 0 Å². The first-order chi connectivity index (χ1) is 10.3. The number of phenolic OH excluding ortho intramolecular Hbond substituents is 1. The summed E-state index contributed by atoms with van der Waals surface area (Å²) in [4.78, 5) is 0. The molecule has 0 unspecified atom stereocenters. The molecule has 0 radical (unpaired) electrons. The first-order valence-electron chi connectivity index (χ1n) is 7.98. The lowest BCUT2D eigenvalue weighted by Gasteiger charge is -2.41. The van der Waals surface area contributed by atoms with Gasteiger partial charge in [-0.05, 0) is 59.1 Å². The zero-order chi connectivity index (χ0) is 15.7. The van der Waals surface area contributed by atoms with Crippen LogP contribution in [0.15, 0.2) is 34.7 Å². The minimum Gasteiger partial charge on any atom is -0.508 e. The van der Waals surface area contributed by atoms with Gasteiger partial charge in [-0.2, -0.15) is 0 Å². The molecule has 0 saturated carbocycles. The molecule has 0 fully saturated rings. The second kappa shape index (κ2) is 4.07. The summed E-state index contributed by atoms with van der Waals surface area (Å²) in [6, 6.07) is 9.91. The van der Waals surface area contributed by atoms with Crippen molar-refractivity contribution >= 4 is 21.9 Å². The Hall–Kier alpha value is -1.96. The lowest BCUT2D eigenvalue weighted by molar-refractivity contribution is 0.332. The molecule has 4 rings (SSSR count). The highest BCUT2D eigenvalue weighted by Crippen LogP contribution is 2.48. The van der Waals surface area contributed by atoms with Crippen molar-refractivity contribution in [3.63, 3.8) is 0 Å². The highest BCUT2D eigenvalue weighted by Gasteiger charge is 2.37. The number of phenols is 1. The average Bonchev–Trinajstić information content (AvgIpc) is 2.79. The summed E-state index contributed by atoms with van der Waals surface area (Å²) < 4.78 is 6.00. The van der Waals surface area contributed by atoms with E-state index in [1.807, 2.05) is 6.07 Å². The minimum atomic E-state index is 0.181. The molecule has 0 bridgehead atoms. The smallest absolute Gasteiger partial charge is 0.139 e. The molecular formula is C20H22O2. The van der Waals surface area contributed by atoms with Gasteiger partial charge < -0.3 is 9.52 Å². The minimum absolute atomic E-state index is 0.181. The molecule has 0 spiro atoms. The quantitative estimate of drug-likeness (QED) is 0.582. The van der Waals surface area contributed by atoms with Gasteiger partial charge in [-0.1, -0.05) is 27.7 Å². The fourth-order valence-corrected chi connectivity index (χ4v) is 3.83. The molecule has 0 atom stereocenters. The Bertz CT molecular complexity index is 897. The van der Waals surface area contributed by atoms with Crippen LogP contribution < -0.4 is 0 Å². The van der Waals surface area contributed by atoms with Crippen LogP contribution in [-0.4, -0.2) is 5.11 Å². The van der Waals surface area contributed by atoms with E-state index in [2.05, 4.69) is 39.8 Å². The number of rotatable bonds is 0. The van der Waals surface area contributed by atoms with Gasteiger partial charge in [-0.3, -0.25) is 0 Å². The monoisotopic (exact) mass is 294 g/mol. The number of aromatic hydroxyl groups is 1. The first kappa shape index (κ1) is 13.7. The SMILES string of the molecule is CC1(C)CCC(C)(C)c2cc3c(cc21)oc1cc(O)ccc13. The summed E-state index contributed by atoms with van der Waals surface area (Å²) in [6.45, 7) is 9.31. The maximum Gasteiger partial charge on any atom is 0.139 e. The van der Waals surface area contributed by atoms with Crippen molar-refractivity contribution in [3.05, 3.63) is 41.5 Å². The lowest BCUT2D eigenvalue weighted by atomic mass is 9.63. The van der Waals surface area contributed by atoms with Crippen LogP contribution in [0.25, 0.3) is 21.9 Å². The van der Waals surface area contributed by atoms with E-state index in [-0.39, 0.29) is 16.6 Å². The largest absolute Gasteiger partial charge is 0.508 e. The van der Waals surface area contributed by atoms with E-state index in [1.165, 1.54) is 24.0 Å². The molecule has 0 amide bonds. The second-order valence-electron chi connectivity index (χ2n) is 7.94. The summed E-state index contributed by atoms with van der Waals surface area (Å²) in [7, 11) is 0. The van der Waals surface area contributed by atoms with E-state index >= 15 is 0 Å². The number of hydrogen-bond acceptors (Lipinski definition) is 2. The number of furan rings is 1. The van der Waals surface area contributed by atoms with Crippen molar-refractivity contribution in [2.75, 3.05) is 0 Å². The van der Waals surface area contributed by atoms with Gasteiger partial charge in [0.05, 0.1) is 0 Å². The summed E-state index contributed by atoms with van der Waals surface area (Å²) in [5.74, 6) is 0.247. The Morgan fingerprint density at radius 2 is 1.41 bits per heavy atom. The summed E-state index contributed by atoms with van der Waals surface area (Å²) in [6.07, 6.45) is 2.40. The lowest BCUT2D eigenvalue weighted by Crippen LogP contribution is -2.33. The molecule has 2 nitrogen and oxygen atoms in total. The predicted octanol–water partition coefficient (Wildman–Crippen LogP) is 5.64. The second-order valence-corrected chi connectivity index (χ2v) is 7.94. The standard InChI is InChI=1S/C20H22O2/c1-19(2)7-8-20(3,4)16-11-18-14(10-15(16)19)13-6-5-12(21)9-17(13)22-18/h5-6,9-11,21H,7-8H2,1-4H3. The van der Waals surface area contributed by atoms with E-state index in [4.69, 9.17) is 4.42 Å². The molecule has 1 aliphatic carbocycles. The zero-order valence-corrected chi connectivity index (χ0v) is 13.7. The molecule has 1 heterocycles. The van der Waals surface area contributed by atoms with E-state index in [0.29, 0.717) is 0 Å². The van der Waals surface area contributed by atoms with Gasteiger partial charge in [0, 0.05) is 16.8 Å². The Morgan fingerprint density at radius 3 is 2.09 bits per heavy atom. The van der Waals surface area contributed by atoms with E-state index < -0.39 is 0 Å². The van der Waals surface area contributed by atoms with Crippen molar-refractivity contribution in [1.82, 2.24) is 0 Å². The van der Waals surface area contributed by atoms with Crippen LogP contribution in [0, 0.1) is 0 Å². The third kappa shape index (κ3) is 1.79. The van der Waals surface area contributed by atoms with Crippen molar-refractivity contribution in [2.24, 2.45) is 0 Å². The Morgan fingerprint density at radius 1 is 0.818 bits per heavy atom. The van der Waals surface area contributed by atoms with Crippen LogP contribution in [0.1, 0.15) is 51.7 Å². The normalized spacial score (nSPS) is 19.5. The predicted molar refractivity (Wildman–Crippen MR) is 90.7 cm³/mol. The van der Waals surface area contributed by atoms with Crippen molar-refractivity contribution < 1.29 is 9.52 Å². The fraction of sp³-hybridized carbons (Fsp3) is 0.400. The van der Waals surface area contributed by atoms with Crippen LogP contribution in [-0.2, 0) is 10.8 Å². The highest BCUT2D eigenvalue weighted by molar-refractivity contribution is 6.05. The molecular weight excluding hydrogens is 272 g/mol. The van der Waals surface area contributed by atoms with E-state index in [9.17, 15) is 5.11 Å². The first-order valence-corrected chi connectivity index (χ1v) is 7.98. The van der Waals surface area contributed by atoms with Crippen molar-refractivity contribution in [2.45, 2.75) is 51.4 Å². The van der Waals surface area contributed by atoms with Gasteiger partial charge in [-0.15, -0.1) is 0 Å².